The van der Waals surface area contributed by atoms with E-state index in [-0.39, 0.29) is 11.5 Å². The van der Waals surface area contributed by atoms with Crippen LogP contribution >= 0.6 is 45.2 Å². The Morgan fingerprint density at radius 3 is 2.52 bits per heavy atom. The molecule has 2 unspecified atom stereocenters. The van der Waals surface area contributed by atoms with Gasteiger partial charge in [-0.2, -0.15) is 0 Å². The quantitative estimate of drug-likeness (QED) is 0.241. The van der Waals surface area contributed by atoms with Crippen molar-refractivity contribution in [1.82, 2.24) is 0 Å². The molecule has 0 aromatic heterocycles. The second-order valence-corrected chi connectivity index (χ2v) is 13.2. The van der Waals surface area contributed by atoms with Gasteiger partial charge in [0, 0.05) is 17.5 Å². The molecule has 2 heterocycles. The first kappa shape index (κ1) is 21.0. The molecule has 2 aliphatic heterocycles. The lowest BCUT2D eigenvalue weighted by Gasteiger charge is -2.43. The zero-order chi connectivity index (χ0) is 21.8. The molecule has 0 N–H and O–H groups in total. The number of benzene rings is 2. The van der Waals surface area contributed by atoms with E-state index in [1.54, 1.807) is 24.3 Å². The minimum absolute atomic E-state index is 0.244. The molecular formula is C24H18I2O5. The molecule has 0 saturated heterocycles. The van der Waals surface area contributed by atoms with Gasteiger partial charge in [-0.3, -0.25) is 4.79 Å². The van der Waals surface area contributed by atoms with Gasteiger partial charge in [-0.1, -0.05) is 49.7 Å². The van der Waals surface area contributed by atoms with Crippen molar-refractivity contribution in [2.24, 2.45) is 5.92 Å². The lowest BCUT2D eigenvalue weighted by Crippen LogP contribution is -2.48. The molecule has 2 aromatic carbocycles. The van der Waals surface area contributed by atoms with Crippen molar-refractivity contribution < 1.29 is 23.8 Å². The van der Waals surface area contributed by atoms with Crippen LogP contribution in [0.5, 0.6) is 5.75 Å². The molecule has 0 saturated carbocycles. The fraction of sp³-hybridized carbons (Fsp3) is 0.250. The minimum Gasteiger partial charge on any atom is -0.464 e. The molecule has 2 aromatic rings. The summed E-state index contributed by atoms with van der Waals surface area (Å²) < 4.78 is 17.8. The topological polar surface area (TPSA) is 61.8 Å². The van der Waals surface area contributed by atoms with Gasteiger partial charge in [0.1, 0.15) is 17.4 Å². The van der Waals surface area contributed by atoms with Crippen molar-refractivity contribution in [2.75, 3.05) is 0 Å². The maximum absolute atomic E-state index is 13.8. The number of allylic oxidation sites excluding steroid dienone is 3. The fourth-order valence-electron chi connectivity index (χ4n) is 4.47. The van der Waals surface area contributed by atoms with Gasteiger partial charge in [0.05, 0.1) is 5.56 Å². The second-order valence-electron chi connectivity index (χ2n) is 7.66. The molecule has 7 heteroatoms. The number of hydrogen-bond acceptors (Lipinski definition) is 5. The number of ketones is 1. The van der Waals surface area contributed by atoms with Crippen molar-refractivity contribution in [1.29, 1.82) is 0 Å². The molecule has 5 rings (SSSR count). The number of ether oxygens (including phenoxy) is 3. The Kier molecular flexibility index (Phi) is 5.16. The van der Waals surface area contributed by atoms with Crippen LogP contribution in [-0.2, 0) is 19.9 Å². The summed E-state index contributed by atoms with van der Waals surface area (Å²) in [5.41, 5.74) is 0.503. The second kappa shape index (κ2) is 7.61. The number of para-hydroxylation sites is 1. The molecule has 0 amide bonds. The van der Waals surface area contributed by atoms with Crippen molar-refractivity contribution >= 4 is 56.9 Å². The summed E-state index contributed by atoms with van der Waals surface area (Å²) >= 11 is 4.43. The first-order valence-electron chi connectivity index (χ1n) is 10.0. The van der Waals surface area contributed by atoms with Crippen LogP contribution in [0, 0.1) is 5.92 Å². The van der Waals surface area contributed by atoms with E-state index in [4.69, 9.17) is 14.2 Å². The van der Waals surface area contributed by atoms with Gasteiger partial charge in [-0.05, 0) is 69.5 Å². The first-order valence-corrected chi connectivity index (χ1v) is 12.2. The standard InChI is InChI=1S/C24H18I2O5/c1-2-13-23(25,26)30-19-12-11-18-20(21(19)27)24(16-9-5-6-10-17(16)29-18)15-8-4-3-7-14(15)22(28)31-24/h3-12,20H,2,13H2,1H3. The zero-order valence-corrected chi connectivity index (χ0v) is 20.9. The van der Waals surface area contributed by atoms with Crippen molar-refractivity contribution in [2.45, 2.75) is 27.0 Å². The third-order valence-corrected chi connectivity index (χ3v) is 7.23. The van der Waals surface area contributed by atoms with E-state index < -0.39 is 19.1 Å². The van der Waals surface area contributed by atoms with Crippen LogP contribution in [0.3, 0.4) is 0 Å². The van der Waals surface area contributed by atoms with Crippen LogP contribution in [0.1, 0.15) is 41.3 Å². The van der Waals surface area contributed by atoms with E-state index in [9.17, 15) is 9.59 Å². The molecule has 1 spiro atoms. The monoisotopic (exact) mass is 640 g/mol. The molecule has 3 aliphatic rings. The third kappa shape index (κ3) is 3.23. The third-order valence-electron chi connectivity index (χ3n) is 5.71. The average molecular weight is 640 g/mol. The predicted octanol–water partition coefficient (Wildman–Crippen LogP) is 5.80. The van der Waals surface area contributed by atoms with E-state index in [1.807, 2.05) is 36.4 Å². The van der Waals surface area contributed by atoms with E-state index in [1.165, 1.54) is 0 Å². The highest BCUT2D eigenvalue weighted by atomic mass is 127. The number of Topliss-reactive ketones (excluding diaryl/α,β-unsaturated/α-hetero) is 1. The van der Waals surface area contributed by atoms with Gasteiger partial charge < -0.3 is 14.2 Å². The van der Waals surface area contributed by atoms with Crippen LogP contribution < -0.4 is 4.74 Å². The summed E-state index contributed by atoms with van der Waals surface area (Å²) in [5.74, 6) is -0.300. The molecule has 2 atom stereocenters. The molecule has 1 aliphatic carbocycles. The Morgan fingerprint density at radius 2 is 1.74 bits per heavy atom. The number of carbonyl (C=O) groups excluding carboxylic acids is 2. The number of esters is 1. The molecule has 0 bridgehead atoms. The smallest absolute Gasteiger partial charge is 0.339 e. The van der Waals surface area contributed by atoms with Crippen LogP contribution in [-0.4, -0.2) is 13.4 Å². The van der Waals surface area contributed by atoms with Gasteiger partial charge in [-0.15, -0.1) is 0 Å². The average Bonchev–Trinajstić information content (AvgIpc) is 3.03. The Balaban J connectivity index is 1.69. The number of alkyl halides is 2. The molecule has 31 heavy (non-hydrogen) atoms. The number of hydrogen-bond donors (Lipinski definition) is 0. The summed E-state index contributed by atoms with van der Waals surface area (Å²) in [4.78, 5) is 26.7. The van der Waals surface area contributed by atoms with Crippen molar-refractivity contribution in [3.05, 3.63) is 88.9 Å². The van der Waals surface area contributed by atoms with Gasteiger partial charge in [0.2, 0.25) is 7.40 Å². The summed E-state index contributed by atoms with van der Waals surface area (Å²) in [6.45, 7) is 2.07. The van der Waals surface area contributed by atoms with Crippen LogP contribution in [0.2, 0.25) is 0 Å². The van der Waals surface area contributed by atoms with E-state index in [2.05, 4.69) is 52.1 Å². The molecule has 0 fully saturated rings. The van der Waals surface area contributed by atoms with Gasteiger partial charge in [0.25, 0.3) is 0 Å². The predicted molar refractivity (Wildman–Crippen MR) is 131 cm³/mol. The van der Waals surface area contributed by atoms with Crippen molar-refractivity contribution in [3.63, 3.8) is 0 Å². The Morgan fingerprint density at radius 1 is 1.03 bits per heavy atom. The summed E-state index contributed by atoms with van der Waals surface area (Å²) in [5, 5.41) is 0. The van der Waals surface area contributed by atoms with E-state index >= 15 is 0 Å². The lowest BCUT2D eigenvalue weighted by atomic mass is 9.70. The Labute approximate surface area is 207 Å². The maximum atomic E-state index is 13.8. The van der Waals surface area contributed by atoms with Gasteiger partial charge in [-0.25, -0.2) is 4.79 Å². The molecule has 0 radical (unpaired) electrons. The van der Waals surface area contributed by atoms with Gasteiger partial charge >= 0.3 is 5.97 Å². The minimum atomic E-state index is -1.29. The fourth-order valence-corrected chi connectivity index (χ4v) is 6.03. The van der Waals surface area contributed by atoms with Crippen LogP contribution in [0.15, 0.2) is 72.2 Å². The summed E-state index contributed by atoms with van der Waals surface area (Å²) in [7, 11) is 0. The van der Waals surface area contributed by atoms with E-state index in [0.29, 0.717) is 28.2 Å². The van der Waals surface area contributed by atoms with Crippen LogP contribution in [0.25, 0.3) is 0 Å². The number of rotatable bonds is 4. The first-order chi connectivity index (χ1) is 14.9. The largest absolute Gasteiger partial charge is 0.464 e. The number of halogens is 2. The normalized spacial score (nSPS) is 23.8. The Bertz CT molecular complexity index is 1170. The summed E-state index contributed by atoms with van der Waals surface area (Å²) in [6.07, 6.45) is 5.11. The number of carbonyl (C=O) groups is 2. The Hall–Kier alpha value is -1.88. The van der Waals surface area contributed by atoms with Crippen LogP contribution in [0.4, 0.5) is 0 Å². The molecule has 5 nitrogen and oxygen atoms in total. The molecular weight excluding hydrogens is 622 g/mol. The maximum Gasteiger partial charge on any atom is 0.339 e. The number of fused-ring (bicyclic) bond motifs is 6. The highest BCUT2D eigenvalue weighted by Gasteiger charge is 2.61. The lowest BCUT2D eigenvalue weighted by molar-refractivity contribution is -0.131. The summed E-state index contributed by atoms with van der Waals surface area (Å²) in [6, 6.07) is 14.6. The molecule has 158 valence electrons. The van der Waals surface area contributed by atoms with Gasteiger partial charge in [0.15, 0.2) is 11.4 Å². The highest BCUT2D eigenvalue weighted by molar-refractivity contribution is 14.2. The van der Waals surface area contributed by atoms with E-state index in [0.717, 1.165) is 12.8 Å². The van der Waals surface area contributed by atoms with Crippen molar-refractivity contribution in [3.8, 4) is 5.75 Å². The SMILES string of the molecule is CCCC(I)(I)OC1=CC=C2Oc3ccccc3C3(OC(=O)c4ccccc43)C2C1=O. The highest BCUT2D eigenvalue weighted by Crippen LogP contribution is 2.57. The zero-order valence-electron chi connectivity index (χ0n) is 16.6.